The van der Waals surface area contributed by atoms with Crippen molar-refractivity contribution in [2.24, 2.45) is 11.3 Å². The molecule has 0 bridgehead atoms. The molecule has 0 aliphatic heterocycles. The number of carbonyl (C=O) groups excluding carboxylic acids is 1. The molecule has 1 heterocycles. The standard InChI is InChI=1S/C17H22ClN3O2/c1-11(2)10-23-16-19-14(12-8-6-7-9-13(12)18)21(20-16)15(22)17(3,4)5/h6-9,11H,10H2,1-5H3. The van der Waals surface area contributed by atoms with Gasteiger partial charge in [-0.1, -0.05) is 58.4 Å². The van der Waals surface area contributed by atoms with E-state index >= 15 is 0 Å². The van der Waals surface area contributed by atoms with E-state index in [1.54, 1.807) is 6.07 Å². The van der Waals surface area contributed by atoms with Crippen molar-refractivity contribution in [2.45, 2.75) is 34.6 Å². The Morgan fingerprint density at radius 1 is 1.30 bits per heavy atom. The van der Waals surface area contributed by atoms with Crippen molar-refractivity contribution in [3.05, 3.63) is 29.3 Å². The Kier molecular flexibility index (Phi) is 5.09. The van der Waals surface area contributed by atoms with Crippen LogP contribution < -0.4 is 4.74 Å². The Bertz CT molecular complexity index is 702. The Labute approximate surface area is 141 Å². The molecular formula is C17H22ClN3O2. The van der Waals surface area contributed by atoms with E-state index in [2.05, 4.69) is 10.1 Å². The molecule has 2 rings (SSSR count). The van der Waals surface area contributed by atoms with Gasteiger partial charge in [-0.2, -0.15) is 9.67 Å². The van der Waals surface area contributed by atoms with Gasteiger partial charge in [0, 0.05) is 11.0 Å². The predicted octanol–water partition coefficient (Wildman–Crippen LogP) is 4.32. The summed E-state index contributed by atoms with van der Waals surface area (Å²) in [6.45, 7) is 10.1. The second-order valence-corrected chi connectivity index (χ2v) is 7.28. The normalized spacial score (nSPS) is 11.8. The molecular weight excluding hydrogens is 314 g/mol. The highest BCUT2D eigenvalue weighted by Crippen LogP contribution is 2.29. The van der Waals surface area contributed by atoms with Crippen LogP contribution in [0.25, 0.3) is 11.4 Å². The highest BCUT2D eigenvalue weighted by atomic mass is 35.5. The van der Waals surface area contributed by atoms with Crippen molar-refractivity contribution in [3.63, 3.8) is 0 Å². The zero-order valence-electron chi connectivity index (χ0n) is 14.1. The van der Waals surface area contributed by atoms with Crippen molar-refractivity contribution in [1.29, 1.82) is 0 Å². The molecule has 0 saturated carbocycles. The van der Waals surface area contributed by atoms with Crippen LogP contribution in [-0.2, 0) is 0 Å². The lowest BCUT2D eigenvalue weighted by molar-refractivity contribution is 0.0748. The SMILES string of the molecule is CC(C)COc1nc(-c2ccccc2Cl)n(C(=O)C(C)(C)C)n1. The van der Waals surface area contributed by atoms with Gasteiger partial charge in [0.05, 0.1) is 11.6 Å². The first-order valence-corrected chi connectivity index (χ1v) is 7.97. The maximum absolute atomic E-state index is 12.7. The van der Waals surface area contributed by atoms with Crippen LogP contribution in [0.5, 0.6) is 6.01 Å². The minimum Gasteiger partial charge on any atom is -0.462 e. The van der Waals surface area contributed by atoms with Gasteiger partial charge in [0.25, 0.3) is 5.91 Å². The molecule has 23 heavy (non-hydrogen) atoms. The lowest BCUT2D eigenvalue weighted by Gasteiger charge is -2.17. The number of hydrogen-bond donors (Lipinski definition) is 0. The van der Waals surface area contributed by atoms with Crippen LogP contribution >= 0.6 is 11.6 Å². The summed E-state index contributed by atoms with van der Waals surface area (Å²) in [6.07, 6.45) is 0. The Balaban J connectivity index is 2.50. The van der Waals surface area contributed by atoms with Gasteiger partial charge in [-0.05, 0) is 18.1 Å². The van der Waals surface area contributed by atoms with E-state index in [-0.39, 0.29) is 11.9 Å². The Morgan fingerprint density at radius 2 is 1.96 bits per heavy atom. The molecule has 0 aliphatic rings. The van der Waals surface area contributed by atoms with Gasteiger partial charge in [-0.3, -0.25) is 4.79 Å². The summed E-state index contributed by atoms with van der Waals surface area (Å²) in [7, 11) is 0. The van der Waals surface area contributed by atoms with Crippen molar-refractivity contribution in [1.82, 2.24) is 14.8 Å². The van der Waals surface area contributed by atoms with Crippen LogP contribution in [0.3, 0.4) is 0 Å². The lowest BCUT2D eigenvalue weighted by atomic mass is 9.95. The third kappa shape index (κ3) is 4.10. The summed E-state index contributed by atoms with van der Waals surface area (Å²) in [5, 5.41) is 4.75. The molecule has 0 fully saturated rings. The summed E-state index contributed by atoms with van der Waals surface area (Å²) in [5.74, 6) is 0.567. The van der Waals surface area contributed by atoms with Gasteiger partial charge in [0.1, 0.15) is 0 Å². The molecule has 6 heteroatoms. The topological polar surface area (TPSA) is 57.0 Å². The first-order valence-electron chi connectivity index (χ1n) is 7.59. The van der Waals surface area contributed by atoms with Gasteiger partial charge in [0.15, 0.2) is 5.82 Å². The van der Waals surface area contributed by atoms with E-state index < -0.39 is 5.41 Å². The smallest absolute Gasteiger partial charge is 0.336 e. The highest BCUT2D eigenvalue weighted by Gasteiger charge is 2.29. The number of carbonyl (C=O) groups is 1. The Hall–Kier alpha value is -1.88. The maximum Gasteiger partial charge on any atom is 0.336 e. The molecule has 0 spiro atoms. The Morgan fingerprint density at radius 3 is 2.52 bits per heavy atom. The summed E-state index contributed by atoms with van der Waals surface area (Å²) >= 11 is 6.25. The second kappa shape index (κ2) is 6.71. The number of aromatic nitrogens is 3. The molecule has 2 aromatic rings. The monoisotopic (exact) mass is 335 g/mol. The number of rotatable bonds is 4. The molecule has 0 N–H and O–H groups in total. The van der Waals surface area contributed by atoms with Crippen molar-refractivity contribution in [2.75, 3.05) is 6.61 Å². The fraction of sp³-hybridized carbons (Fsp3) is 0.471. The van der Waals surface area contributed by atoms with Gasteiger partial charge >= 0.3 is 6.01 Å². The van der Waals surface area contributed by atoms with Crippen LogP contribution in [0.1, 0.15) is 39.4 Å². The second-order valence-electron chi connectivity index (χ2n) is 6.87. The molecule has 0 saturated heterocycles. The lowest BCUT2D eigenvalue weighted by Crippen LogP contribution is -2.28. The molecule has 0 radical (unpaired) electrons. The number of nitrogens with zero attached hydrogens (tertiary/aromatic N) is 3. The number of hydrogen-bond acceptors (Lipinski definition) is 4. The van der Waals surface area contributed by atoms with Crippen LogP contribution in [0.4, 0.5) is 0 Å². The predicted molar refractivity (Wildman–Crippen MR) is 90.9 cm³/mol. The summed E-state index contributed by atoms with van der Waals surface area (Å²) in [4.78, 5) is 17.1. The first kappa shape index (κ1) is 17.5. The zero-order valence-corrected chi connectivity index (χ0v) is 14.9. The van der Waals surface area contributed by atoms with Gasteiger partial charge in [-0.15, -0.1) is 5.10 Å². The largest absolute Gasteiger partial charge is 0.462 e. The molecule has 0 amide bonds. The summed E-state index contributed by atoms with van der Waals surface area (Å²) < 4.78 is 6.86. The number of ether oxygens (including phenoxy) is 1. The maximum atomic E-state index is 12.7. The average molecular weight is 336 g/mol. The molecule has 5 nitrogen and oxygen atoms in total. The van der Waals surface area contributed by atoms with Gasteiger partial charge in [-0.25, -0.2) is 0 Å². The zero-order chi connectivity index (χ0) is 17.2. The van der Waals surface area contributed by atoms with Crippen LogP contribution in [-0.4, -0.2) is 27.3 Å². The summed E-state index contributed by atoms with van der Waals surface area (Å²) in [6, 6.07) is 7.42. The highest BCUT2D eigenvalue weighted by molar-refractivity contribution is 6.33. The molecule has 1 aromatic heterocycles. The van der Waals surface area contributed by atoms with E-state index in [1.165, 1.54) is 4.68 Å². The molecule has 0 aliphatic carbocycles. The van der Waals surface area contributed by atoms with E-state index in [0.29, 0.717) is 28.9 Å². The third-order valence-corrected chi connectivity index (χ3v) is 3.41. The first-order chi connectivity index (χ1) is 10.7. The third-order valence-electron chi connectivity index (χ3n) is 3.08. The van der Waals surface area contributed by atoms with Crippen LogP contribution in [0.2, 0.25) is 5.02 Å². The van der Waals surface area contributed by atoms with E-state index in [4.69, 9.17) is 16.3 Å². The number of halogens is 1. The molecule has 124 valence electrons. The minimum absolute atomic E-state index is 0.167. The molecule has 0 unspecified atom stereocenters. The van der Waals surface area contributed by atoms with Crippen molar-refractivity contribution >= 4 is 17.5 Å². The average Bonchev–Trinajstić information content (AvgIpc) is 2.87. The number of benzene rings is 1. The van der Waals surface area contributed by atoms with Crippen molar-refractivity contribution < 1.29 is 9.53 Å². The van der Waals surface area contributed by atoms with Gasteiger partial charge < -0.3 is 4.74 Å². The summed E-state index contributed by atoms with van der Waals surface area (Å²) in [5.41, 5.74) is 0.0534. The minimum atomic E-state index is -0.598. The molecule has 1 aromatic carbocycles. The van der Waals surface area contributed by atoms with Crippen LogP contribution in [0.15, 0.2) is 24.3 Å². The fourth-order valence-corrected chi connectivity index (χ4v) is 2.09. The van der Waals surface area contributed by atoms with E-state index in [9.17, 15) is 4.79 Å². The van der Waals surface area contributed by atoms with E-state index in [0.717, 1.165) is 0 Å². The fourth-order valence-electron chi connectivity index (χ4n) is 1.87. The molecule has 0 atom stereocenters. The quantitative estimate of drug-likeness (QED) is 0.835. The van der Waals surface area contributed by atoms with Crippen molar-refractivity contribution in [3.8, 4) is 17.4 Å². The van der Waals surface area contributed by atoms with Crippen LogP contribution in [0, 0.1) is 11.3 Å². The van der Waals surface area contributed by atoms with Gasteiger partial charge in [0.2, 0.25) is 0 Å². The van der Waals surface area contributed by atoms with E-state index in [1.807, 2.05) is 52.8 Å².